The quantitative estimate of drug-likeness (QED) is 0.394. The number of hydrogen-bond acceptors (Lipinski definition) is 6. The number of rotatable bonds is 8. The van der Waals surface area contributed by atoms with Gasteiger partial charge in [0.1, 0.15) is 5.75 Å². The highest BCUT2D eigenvalue weighted by Crippen LogP contribution is 2.30. The number of anilines is 1. The Morgan fingerprint density at radius 1 is 1.03 bits per heavy atom. The number of pyridine rings is 1. The van der Waals surface area contributed by atoms with E-state index in [4.69, 9.17) is 4.74 Å². The molecule has 32 heavy (non-hydrogen) atoms. The fourth-order valence-electron chi connectivity index (χ4n) is 3.25. The molecule has 4 rings (SSSR count). The van der Waals surface area contributed by atoms with Crippen molar-refractivity contribution < 1.29 is 9.53 Å². The van der Waals surface area contributed by atoms with E-state index in [1.165, 1.54) is 11.8 Å². The number of thioether (sulfide) groups is 1. The number of nitrogens with one attached hydrogen (secondary N) is 1. The van der Waals surface area contributed by atoms with Crippen LogP contribution < -0.4 is 10.1 Å². The number of nitrogens with zero attached hydrogens (tertiary/aromatic N) is 4. The van der Waals surface area contributed by atoms with Gasteiger partial charge in [-0.3, -0.25) is 14.3 Å². The van der Waals surface area contributed by atoms with Crippen molar-refractivity contribution in [3.63, 3.8) is 0 Å². The number of hydrogen-bond donors (Lipinski definition) is 1. The summed E-state index contributed by atoms with van der Waals surface area (Å²) in [6.45, 7) is 4.48. The third kappa shape index (κ3) is 4.81. The summed E-state index contributed by atoms with van der Waals surface area (Å²) in [7, 11) is 0. The Balaban J connectivity index is 1.59. The second-order valence-electron chi connectivity index (χ2n) is 6.93. The van der Waals surface area contributed by atoms with Crippen LogP contribution in [0.1, 0.15) is 12.5 Å². The largest absolute Gasteiger partial charge is 0.492 e. The summed E-state index contributed by atoms with van der Waals surface area (Å²) in [6.07, 6.45) is 3.45. The second-order valence-corrected chi connectivity index (χ2v) is 7.87. The van der Waals surface area contributed by atoms with E-state index in [9.17, 15) is 4.79 Å². The van der Waals surface area contributed by atoms with Gasteiger partial charge in [0.15, 0.2) is 11.0 Å². The molecular weight excluding hydrogens is 422 g/mol. The van der Waals surface area contributed by atoms with Crippen molar-refractivity contribution in [2.24, 2.45) is 0 Å². The van der Waals surface area contributed by atoms with Gasteiger partial charge in [-0.2, -0.15) is 0 Å². The van der Waals surface area contributed by atoms with Gasteiger partial charge >= 0.3 is 0 Å². The van der Waals surface area contributed by atoms with Crippen molar-refractivity contribution in [1.29, 1.82) is 0 Å². The molecule has 0 unspecified atom stereocenters. The van der Waals surface area contributed by atoms with Crippen LogP contribution in [0.5, 0.6) is 5.75 Å². The summed E-state index contributed by atoms with van der Waals surface area (Å²) in [4.78, 5) is 16.8. The van der Waals surface area contributed by atoms with Gasteiger partial charge in [-0.1, -0.05) is 42.1 Å². The topological polar surface area (TPSA) is 81.9 Å². The van der Waals surface area contributed by atoms with Crippen LogP contribution in [0.4, 0.5) is 5.69 Å². The van der Waals surface area contributed by atoms with E-state index in [0.717, 1.165) is 16.8 Å². The van der Waals surface area contributed by atoms with Crippen molar-refractivity contribution in [1.82, 2.24) is 19.7 Å². The molecule has 4 aromatic rings. The van der Waals surface area contributed by atoms with Gasteiger partial charge in [0.05, 0.1) is 23.7 Å². The molecule has 0 spiro atoms. The standard InChI is InChI=1S/C24H23N5O2S/c1-3-31-21-11-7-5-9-19(21)26-22(30)16-32-24-28-27-23(18-12-14-25-15-13-18)29(24)20-10-6-4-8-17(20)2/h4-15H,3,16H2,1-2H3,(H,26,30). The lowest BCUT2D eigenvalue weighted by Gasteiger charge is -2.13. The van der Waals surface area contributed by atoms with Crippen LogP contribution in [0.2, 0.25) is 0 Å². The Bertz CT molecular complexity index is 1210. The molecule has 2 aromatic carbocycles. The van der Waals surface area contributed by atoms with Gasteiger partial charge in [0, 0.05) is 18.0 Å². The van der Waals surface area contributed by atoms with Gasteiger partial charge < -0.3 is 10.1 Å². The van der Waals surface area contributed by atoms with Crippen LogP contribution in [-0.4, -0.2) is 38.0 Å². The summed E-state index contributed by atoms with van der Waals surface area (Å²) in [5.41, 5.74) is 3.60. The van der Waals surface area contributed by atoms with E-state index in [-0.39, 0.29) is 11.7 Å². The van der Waals surface area contributed by atoms with Crippen molar-refractivity contribution >= 4 is 23.4 Å². The molecule has 0 bridgehead atoms. The molecule has 8 heteroatoms. The van der Waals surface area contributed by atoms with Gasteiger partial charge in [-0.05, 0) is 49.7 Å². The number of aryl methyl sites for hydroxylation is 1. The summed E-state index contributed by atoms with van der Waals surface area (Å²) < 4.78 is 7.57. The summed E-state index contributed by atoms with van der Waals surface area (Å²) in [6, 6.07) is 19.2. The van der Waals surface area contributed by atoms with Crippen LogP contribution in [0.3, 0.4) is 0 Å². The molecule has 7 nitrogen and oxygen atoms in total. The molecule has 1 amide bonds. The van der Waals surface area contributed by atoms with Gasteiger partial charge in [0.2, 0.25) is 5.91 Å². The highest BCUT2D eigenvalue weighted by atomic mass is 32.2. The molecule has 2 aromatic heterocycles. The molecule has 2 heterocycles. The Labute approximate surface area is 190 Å². The molecule has 0 aliphatic carbocycles. The first-order chi connectivity index (χ1) is 15.7. The van der Waals surface area contributed by atoms with Gasteiger partial charge in [0.25, 0.3) is 0 Å². The number of aromatic nitrogens is 4. The molecule has 0 aliphatic heterocycles. The summed E-state index contributed by atoms with van der Waals surface area (Å²) >= 11 is 1.33. The lowest BCUT2D eigenvalue weighted by molar-refractivity contribution is -0.113. The fourth-order valence-corrected chi connectivity index (χ4v) is 4.00. The van der Waals surface area contributed by atoms with Crippen LogP contribution in [-0.2, 0) is 4.79 Å². The average molecular weight is 446 g/mol. The zero-order valence-corrected chi connectivity index (χ0v) is 18.7. The van der Waals surface area contributed by atoms with E-state index in [1.54, 1.807) is 12.4 Å². The fraction of sp³-hybridized carbons (Fsp3) is 0.167. The van der Waals surface area contributed by atoms with Crippen LogP contribution >= 0.6 is 11.8 Å². The highest BCUT2D eigenvalue weighted by molar-refractivity contribution is 7.99. The molecule has 0 aliphatic rings. The number of benzene rings is 2. The van der Waals surface area contributed by atoms with E-state index in [0.29, 0.717) is 29.0 Å². The monoisotopic (exact) mass is 445 g/mol. The van der Waals surface area contributed by atoms with Gasteiger partial charge in [-0.25, -0.2) is 0 Å². The number of carbonyl (C=O) groups excluding carboxylic acids is 1. The molecule has 0 saturated heterocycles. The smallest absolute Gasteiger partial charge is 0.234 e. The molecule has 0 fully saturated rings. The number of carbonyl (C=O) groups is 1. The lowest BCUT2D eigenvalue weighted by atomic mass is 10.2. The maximum absolute atomic E-state index is 12.7. The third-order valence-corrected chi connectivity index (χ3v) is 5.65. The first-order valence-corrected chi connectivity index (χ1v) is 11.2. The average Bonchev–Trinajstić information content (AvgIpc) is 3.24. The summed E-state index contributed by atoms with van der Waals surface area (Å²) in [5.74, 6) is 1.38. The van der Waals surface area contributed by atoms with Crippen molar-refractivity contribution in [3.05, 3.63) is 78.6 Å². The highest BCUT2D eigenvalue weighted by Gasteiger charge is 2.18. The predicted molar refractivity (Wildman–Crippen MR) is 126 cm³/mol. The van der Waals surface area contributed by atoms with Crippen LogP contribution in [0.15, 0.2) is 78.2 Å². The van der Waals surface area contributed by atoms with Crippen molar-refractivity contribution in [2.75, 3.05) is 17.7 Å². The molecule has 162 valence electrons. The Morgan fingerprint density at radius 3 is 2.56 bits per heavy atom. The molecule has 0 radical (unpaired) electrons. The number of para-hydroxylation sites is 3. The van der Waals surface area contributed by atoms with Crippen LogP contribution in [0.25, 0.3) is 17.1 Å². The Hall–Kier alpha value is -3.65. The number of amides is 1. The van der Waals surface area contributed by atoms with E-state index in [1.807, 2.05) is 79.1 Å². The second kappa shape index (κ2) is 10.1. The maximum Gasteiger partial charge on any atom is 0.234 e. The Morgan fingerprint density at radius 2 is 1.78 bits per heavy atom. The molecule has 0 saturated carbocycles. The zero-order chi connectivity index (χ0) is 22.3. The van der Waals surface area contributed by atoms with E-state index < -0.39 is 0 Å². The first kappa shape index (κ1) is 21.6. The zero-order valence-electron chi connectivity index (χ0n) is 17.9. The van der Waals surface area contributed by atoms with Crippen LogP contribution in [0, 0.1) is 6.92 Å². The normalized spacial score (nSPS) is 10.7. The minimum absolute atomic E-state index is 0.146. The van der Waals surface area contributed by atoms with E-state index >= 15 is 0 Å². The molecular formula is C24H23N5O2S. The minimum atomic E-state index is -0.146. The molecule has 1 N–H and O–H groups in total. The molecule has 0 atom stereocenters. The van der Waals surface area contributed by atoms with Gasteiger partial charge in [-0.15, -0.1) is 10.2 Å². The maximum atomic E-state index is 12.7. The number of ether oxygens (including phenoxy) is 1. The van der Waals surface area contributed by atoms with Crippen molar-refractivity contribution in [3.8, 4) is 22.8 Å². The lowest BCUT2D eigenvalue weighted by Crippen LogP contribution is -2.15. The van der Waals surface area contributed by atoms with E-state index in [2.05, 4.69) is 20.5 Å². The Kier molecular flexibility index (Phi) is 6.81. The van der Waals surface area contributed by atoms with Crippen molar-refractivity contribution in [2.45, 2.75) is 19.0 Å². The summed E-state index contributed by atoms with van der Waals surface area (Å²) in [5, 5.41) is 12.4. The predicted octanol–water partition coefficient (Wildman–Crippen LogP) is 4.77. The first-order valence-electron chi connectivity index (χ1n) is 10.2. The third-order valence-electron chi connectivity index (χ3n) is 4.72. The minimum Gasteiger partial charge on any atom is -0.492 e. The SMILES string of the molecule is CCOc1ccccc1NC(=O)CSc1nnc(-c2ccncc2)n1-c1ccccc1C.